The Kier molecular flexibility index (Phi) is 8.28. The Bertz CT molecular complexity index is 998. The van der Waals surface area contributed by atoms with Crippen molar-refractivity contribution in [3.8, 4) is 0 Å². The maximum atomic E-state index is 13.2. The van der Waals surface area contributed by atoms with Crippen molar-refractivity contribution in [3.05, 3.63) is 63.6 Å². The second-order valence-corrected chi connectivity index (χ2v) is 9.94. The molecule has 2 amide bonds. The second-order valence-electron chi connectivity index (χ2n) is 6.68. The van der Waals surface area contributed by atoms with Gasteiger partial charge in [0.05, 0.1) is 11.9 Å². The number of benzene rings is 2. The van der Waals surface area contributed by atoms with Crippen LogP contribution < -0.4 is 9.62 Å². The minimum atomic E-state index is -3.74. The Morgan fingerprint density at radius 3 is 2.17 bits per heavy atom. The summed E-state index contributed by atoms with van der Waals surface area (Å²) in [5, 5.41) is 3.08. The first-order valence-electron chi connectivity index (χ1n) is 9.01. The lowest BCUT2D eigenvalue weighted by molar-refractivity contribution is -0.139. The van der Waals surface area contributed by atoms with Crippen molar-refractivity contribution < 1.29 is 18.0 Å². The van der Waals surface area contributed by atoms with E-state index in [1.807, 2.05) is 0 Å². The number of likely N-dealkylation sites (N-methyl/N-ethyl adjacent to an activating group) is 1. The molecule has 1 atom stereocenters. The fourth-order valence-corrected chi connectivity index (χ4v) is 4.04. The van der Waals surface area contributed by atoms with E-state index in [2.05, 4.69) is 21.2 Å². The van der Waals surface area contributed by atoms with Gasteiger partial charge in [-0.05, 0) is 48.9 Å². The van der Waals surface area contributed by atoms with E-state index in [4.69, 9.17) is 11.6 Å². The molecule has 0 saturated carbocycles. The van der Waals surface area contributed by atoms with Crippen molar-refractivity contribution >= 4 is 55.1 Å². The first-order valence-corrected chi connectivity index (χ1v) is 12.0. The zero-order valence-corrected chi connectivity index (χ0v) is 20.0. The molecule has 0 aliphatic carbocycles. The van der Waals surface area contributed by atoms with Crippen LogP contribution in [-0.2, 0) is 26.2 Å². The van der Waals surface area contributed by atoms with Gasteiger partial charge in [0.1, 0.15) is 12.6 Å². The summed E-state index contributed by atoms with van der Waals surface area (Å²) < 4.78 is 26.6. The summed E-state index contributed by atoms with van der Waals surface area (Å²) in [6.07, 6.45) is 1.04. The summed E-state index contributed by atoms with van der Waals surface area (Å²) >= 11 is 9.23. The maximum absolute atomic E-state index is 13.2. The molecule has 1 N–H and O–H groups in total. The van der Waals surface area contributed by atoms with Crippen molar-refractivity contribution in [2.24, 2.45) is 0 Å². The van der Waals surface area contributed by atoms with E-state index in [0.29, 0.717) is 10.7 Å². The van der Waals surface area contributed by atoms with Gasteiger partial charge in [-0.2, -0.15) is 0 Å². The zero-order valence-electron chi connectivity index (χ0n) is 16.8. The highest BCUT2D eigenvalue weighted by atomic mass is 79.9. The predicted molar refractivity (Wildman–Crippen MR) is 122 cm³/mol. The number of nitrogens with one attached hydrogen (secondary N) is 1. The minimum Gasteiger partial charge on any atom is -0.357 e. The highest BCUT2D eigenvalue weighted by Crippen LogP contribution is 2.22. The van der Waals surface area contributed by atoms with Gasteiger partial charge in [0.15, 0.2) is 0 Å². The Morgan fingerprint density at radius 2 is 1.67 bits per heavy atom. The van der Waals surface area contributed by atoms with Gasteiger partial charge in [0.2, 0.25) is 21.8 Å². The third-order valence-corrected chi connectivity index (χ3v) is 6.39. The molecule has 0 bridgehead atoms. The third kappa shape index (κ3) is 6.45. The summed E-state index contributed by atoms with van der Waals surface area (Å²) in [7, 11) is -2.26. The molecule has 7 nitrogen and oxygen atoms in total. The highest BCUT2D eigenvalue weighted by molar-refractivity contribution is 9.10. The summed E-state index contributed by atoms with van der Waals surface area (Å²) in [6, 6.07) is 12.7. The number of anilines is 1. The highest BCUT2D eigenvalue weighted by Gasteiger charge is 2.29. The summed E-state index contributed by atoms with van der Waals surface area (Å²) in [5.41, 5.74) is 1.12. The average Bonchev–Trinajstić information content (AvgIpc) is 2.70. The molecule has 0 aliphatic heterocycles. The van der Waals surface area contributed by atoms with E-state index in [1.54, 1.807) is 55.5 Å². The van der Waals surface area contributed by atoms with E-state index >= 15 is 0 Å². The first-order chi connectivity index (χ1) is 14.0. The molecule has 0 spiro atoms. The van der Waals surface area contributed by atoms with E-state index < -0.39 is 28.5 Å². The number of carbonyl (C=O) groups is 2. The molecular formula is C20H23BrClN3O4S. The number of hydrogen-bond acceptors (Lipinski definition) is 4. The lowest BCUT2D eigenvalue weighted by Crippen LogP contribution is -2.50. The smallest absolute Gasteiger partial charge is 0.244 e. The number of hydrogen-bond donors (Lipinski definition) is 1. The number of sulfonamides is 1. The molecule has 0 aliphatic rings. The lowest BCUT2D eigenvalue weighted by atomic mass is 10.1. The Morgan fingerprint density at radius 1 is 1.10 bits per heavy atom. The van der Waals surface area contributed by atoms with Gasteiger partial charge < -0.3 is 10.2 Å². The van der Waals surface area contributed by atoms with Crippen LogP contribution in [0.1, 0.15) is 12.5 Å². The first kappa shape index (κ1) is 24.2. The molecule has 0 radical (unpaired) electrons. The van der Waals surface area contributed by atoms with Crippen LogP contribution in [0.4, 0.5) is 5.69 Å². The van der Waals surface area contributed by atoms with Crippen LogP contribution in [0.15, 0.2) is 53.0 Å². The van der Waals surface area contributed by atoms with Crippen molar-refractivity contribution in [1.29, 1.82) is 0 Å². The molecule has 10 heteroatoms. The van der Waals surface area contributed by atoms with Crippen molar-refractivity contribution in [1.82, 2.24) is 10.2 Å². The molecule has 2 aromatic carbocycles. The number of nitrogens with zero attached hydrogens (tertiary/aromatic N) is 2. The molecule has 0 aromatic heterocycles. The largest absolute Gasteiger partial charge is 0.357 e. The quantitative estimate of drug-likeness (QED) is 0.584. The van der Waals surface area contributed by atoms with Crippen molar-refractivity contribution in [3.63, 3.8) is 0 Å². The normalized spacial score (nSPS) is 12.2. The monoisotopic (exact) mass is 515 g/mol. The fraction of sp³-hybridized carbons (Fsp3) is 0.300. The molecule has 30 heavy (non-hydrogen) atoms. The summed E-state index contributed by atoms with van der Waals surface area (Å²) in [5.74, 6) is -0.860. The summed E-state index contributed by atoms with van der Waals surface area (Å²) in [4.78, 5) is 26.8. The van der Waals surface area contributed by atoms with Crippen LogP contribution >= 0.6 is 27.5 Å². The van der Waals surface area contributed by atoms with Crippen LogP contribution in [0.3, 0.4) is 0 Å². The van der Waals surface area contributed by atoms with Crippen LogP contribution in [-0.4, -0.2) is 51.0 Å². The van der Waals surface area contributed by atoms with Gasteiger partial charge in [-0.1, -0.05) is 39.7 Å². The van der Waals surface area contributed by atoms with E-state index in [0.717, 1.165) is 20.6 Å². The molecule has 2 aromatic rings. The molecule has 2 rings (SSSR count). The van der Waals surface area contributed by atoms with Crippen LogP contribution in [0, 0.1) is 0 Å². The zero-order chi connectivity index (χ0) is 22.5. The van der Waals surface area contributed by atoms with Gasteiger partial charge in [-0.25, -0.2) is 8.42 Å². The van der Waals surface area contributed by atoms with Gasteiger partial charge in [0.25, 0.3) is 0 Å². The van der Waals surface area contributed by atoms with Crippen LogP contribution in [0.5, 0.6) is 0 Å². The molecule has 0 saturated heterocycles. The maximum Gasteiger partial charge on any atom is 0.244 e. The molecule has 0 heterocycles. The van der Waals surface area contributed by atoms with Crippen molar-refractivity contribution in [2.75, 3.05) is 24.2 Å². The van der Waals surface area contributed by atoms with Crippen molar-refractivity contribution in [2.45, 2.75) is 19.5 Å². The van der Waals surface area contributed by atoms with E-state index in [1.165, 1.54) is 11.9 Å². The van der Waals surface area contributed by atoms with Gasteiger partial charge in [0, 0.05) is 23.1 Å². The Balaban J connectivity index is 2.35. The SMILES string of the molecule is CNC(=O)C(C)N(Cc1ccc(Cl)cc1)C(=O)CN(c1ccc(Br)cc1)S(C)(=O)=O. The standard InChI is InChI=1S/C20H23BrClN3O4S/c1-14(20(27)23-2)24(12-15-4-8-17(22)9-5-15)19(26)13-25(30(3,28)29)18-10-6-16(21)7-11-18/h4-11,14H,12-13H2,1-3H3,(H,23,27). The fourth-order valence-electron chi connectivity index (χ4n) is 2.80. The van der Waals surface area contributed by atoms with E-state index in [9.17, 15) is 18.0 Å². The lowest BCUT2D eigenvalue weighted by Gasteiger charge is -2.31. The number of rotatable bonds is 8. The predicted octanol–water partition coefficient (Wildman–Crippen LogP) is 3.03. The number of amides is 2. The minimum absolute atomic E-state index is 0.128. The average molecular weight is 517 g/mol. The van der Waals surface area contributed by atoms with Gasteiger partial charge >= 0.3 is 0 Å². The number of carbonyl (C=O) groups excluding carboxylic acids is 2. The summed E-state index contributed by atoms with van der Waals surface area (Å²) in [6.45, 7) is 1.29. The Hall–Kier alpha value is -2.10. The molecule has 162 valence electrons. The number of halogens is 2. The van der Waals surface area contributed by atoms with Gasteiger partial charge in [-0.3, -0.25) is 13.9 Å². The topological polar surface area (TPSA) is 86.8 Å². The van der Waals surface area contributed by atoms with Crippen LogP contribution in [0.2, 0.25) is 5.02 Å². The molecular weight excluding hydrogens is 494 g/mol. The van der Waals surface area contributed by atoms with Crippen LogP contribution in [0.25, 0.3) is 0 Å². The molecule has 1 unspecified atom stereocenters. The molecule has 0 fully saturated rings. The third-order valence-electron chi connectivity index (χ3n) is 4.47. The van der Waals surface area contributed by atoms with Gasteiger partial charge in [-0.15, -0.1) is 0 Å². The van der Waals surface area contributed by atoms with E-state index in [-0.39, 0.29) is 12.5 Å². The Labute approximate surface area is 190 Å². The second kappa shape index (κ2) is 10.3.